The highest BCUT2D eigenvalue weighted by Gasteiger charge is 2.39. The Bertz CT molecular complexity index is 961. The van der Waals surface area contributed by atoms with Gasteiger partial charge in [-0.05, 0) is 56.0 Å². The normalized spacial score (nSPS) is 15.9. The van der Waals surface area contributed by atoms with Crippen LogP contribution in [0.5, 0.6) is 5.75 Å². The molecule has 1 aliphatic rings. The Morgan fingerprint density at radius 1 is 1.15 bits per heavy atom. The van der Waals surface area contributed by atoms with Gasteiger partial charge in [0.2, 0.25) is 0 Å². The number of alkyl halides is 3. The van der Waals surface area contributed by atoms with E-state index < -0.39 is 23.7 Å². The van der Waals surface area contributed by atoms with Crippen LogP contribution in [-0.2, 0) is 12.6 Å². The van der Waals surface area contributed by atoms with Gasteiger partial charge >= 0.3 is 6.18 Å². The molecule has 4 rings (SSSR count). The van der Waals surface area contributed by atoms with Gasteiger partial charge in [0.1, 0.15) is 29.1 Å². The van der Waals surface area contributed by atoms with Crippen LogP contribution in [0.3, 0.4) is 0 Å². The summed E-state index contributed by atoms with van der Waals surface area (Å²) >= 11 is 0. The molecule has 3 aromatic rings. The number of hydrogen-bond acceptors (Lipinski definition) is 3. The number of aromatic nitrogens is 3. The van der Waals surface area contributed by atoms with Gasteiger partial charge in [-0.25, -0.2) is 4.39 Å². The standard InChI is InChI=1S/C19H17F4N3O/c1-11(27-14-6-4-13(20)5-7-14)15-8-9-26-16(10-12-2-3-12)24-25-18(26)17(15)19(21,22)23/h4-9,11-12H,2-3,10H2,1H3/t11-/m1/s1. The van der Waals surface area contributed by atoms with Crippen molar-refractivity contribution in [2.45, 2.75) is 38.5 Å². The van der Waals surface area contributed by atoms with Gasteiger partial charge in [-0.15, -0.1) is 10.2 Å². The van der Waals surface area contributed by atoms with Gasteiger partial charge in [0, 0.05) is 18.2 Å². The smallest absolute Gasteiger partial charge is 0.420 e. The highest BCUT2D eigenvalue weighted by Crippen LogP contribution is 2.39. The minimum atomic E-state index is -4.61. The van der Waals surface area contributed by atoms with E-state index in [0.29, 0.717) is 18.2 Å². The Kier molecular flexibility index (Phi) is 4.28. The second-order valence-corrected chi connectivity index (χ2v) is 6.82. The summed E-state index contributed by atoms with van der Waals surface area (Å²) in [5.41, 5.74) is -1.11. The number of rotatable bonds is 5. The van der Waals surface area contributed by atoms with Crippen molar-refractivity contribution in [2.24, 2.45) is 5.92 Å². The number of fused-ring (bicyclic) bond motifs is 1. The van der Waals surface area contributed by atoms with Crippen molar-refractivity contribution in [3.05, 3.63) is 59.3 Å². The monoisotopic (exact) mass is 379 g/mol. The largest absolute Gasteiger partial charge is 0.486 e. The maximum atomic E-state index is 13.8. The molecule has 1 saturated carbocycles. The Morgan fingerprint density at radius 2 is 1.85 bits per heavy atom. The van der Waals surface area contributed by atoms with Crippen LogP contribution in [-0.4, -0.2) is 14.6 Å². The Hall–Kier alpha value is -2.64. The van der Waals surface area contributed by atoms with Crippen molar-refractivity contribution in [3.63, 3.8) is 0 Å². The minimum absolute atomic E-state index is 0.0373. The summed E-state index contributed by atoms with van der Waals surface area (Å²) in [6.07, 6.45) is -1.19. The lowest BCUT2D eigenvalue weighted by atomic mass is 10.0. The molecule has 4 nitrogen and oxygen atoms in total. The summed E-state index contributed by atoms with van der Waals surface area (Å²) in [5.74, 6) is 0.857. The second-order valence-electron chi connectivity index (χ2n) is 6.82. The predicted octanol–water partition coefficient (Wildman–Crippen LogP) is 4.98. The molecule has 0 saturated heterocycles. The second kappa shape index (κ2) is 6.51. The molecule has 1 fully saturated rings. The van der Waals surface area contributed by atoms with Gasteiger partial charge in [-0.1, -0.05) is 0 Å². The fourth-order valence-electron chi connectivity index (χ4n) is 3.15. The molecule has 8 heteroatoms. The SMILES string of the molecule is C[C@@H](Oc1ccc(F)cc1)c1ccn2c(CC3CC3)nnc2c1C(F)(F)F. The van der Waals surface area contributed by atoms with E-state index in [4.69, 9.17) is 4.74 Å². The van der Waals surface area contributed by atoms with Crippen molar-refractivity contribution in [2.75, 3.05) is 0 Å². The third-order valence-electron chi connectivity index (χ3n) is 4.70. The Balaban J connectivity index is 1.73. The first-order chi connectivity index (χ1) is 12.8. The molecule has 0 bridgehead atoms. The van der Waals surface area contributed by atoms with E-state index in [1.807, 2.05) is 0 Å². The summed E-state index contributed by atoms with van der Waals surface area (Å²) < 4.78 is 61.5. The molecular formula is C19H17F4N3O. The molecule has 0 spiro atoms. The van der Waals surface area contributed by atoms with Crippen LogP contribution >= 0.6 is 0 Å². The number of benzene rings is 1. The third-order valence-corrected chi connectivity index (χ3v) is 4.70. The lowest BCUT2D eigenvalue weighted by Crippen LogP contribution is -2.16. The van der Waals surface area contributed by atoms with Crippen LogP contribution in [0.2, 0.25) is 0 Å². The Labute approximate surface area is 152 Å². The summed E-state index contributed by atoms with van der Waals surface area (Å²) in [5, 5.41) is 7.79. The number of nitrogens with zero attached hydrogens (tertiary/aromatic N) is 3. The topological polar surface area (TPSA) is 39.4 Å². The average molecular weight is 379 g/mol. The highest BCUT2D eigenvalue weighted by molar-refractivity contribution is 5.54. The van der Waals surface area contributed by atoms with E-state index in [0.717, 1.165) is 12.8 Å². The van der Waals surface area contributed by atoms with Crippen LogP contribution in [0.25, 0.3) is 5.65 Å². The summed E-state index contributed by atoms with van der Waals surface area (Å²) in [4.78, 5) is 0. The molecule has 27 heavy (non-hydrogen) atoms. The zero-order chi connectivity index (χ0) is 19.2. The van der Waals surface area contributed by atoms with Crippen LogP contribution in [0.15, 0.2) is 36.5 Å². The summed E-state index contributed by atoms with van der Waals surface area (Å²) in [6.45, 7) is 1.52. The number of halogens is 4. The van der Waals surface area contributed by atoms with Crippen molar-refractivity contribution in [1.82, 2.24) is 14.6 Å². The van der Waals surface area contributed by atoms with Crippen molar-refractivity contribution >= 4 is 5.65 Å². The van der Waals surface area contributed by atoms with Crippen molar-refractivity contribution in [1.29, 1.82) is 0 Å². The third kappa shape index (κ3) is 3.61. The van der Waals surface area contributed by atoms with Gasteiger partial charge in [-0.3, -0.25) is 4.40 Å². The summed E-state index contributed by atoms with van der Waals surface area (Å²) in [7, 11) is 0. The molecule has 0 aliphatic heterocycles. The van der Waals surface area contributed by atoms with Crippen LogP contribution < -0.4 is 4.74 Å². The van der Waals surface area contributed by atoms with Crippen LogP contribution in [0.4, 0.5) is 17.6 Å². The molecular weight excluding hydrogens is 362 g/mol. The molecule has 142 valence electrons. The molecule has 1 aliphatic carbocycles. The van der Waals surface area contributed by atoms with Crippen molar-refractivity contribution < 1.29 is 22.3 Å². The predicted molar refractivity (Wildman–Crippen MR) is 89.9 cm³/mol. The highest BCUT2D eigenvalue weighted by atomic mass is 19.4. The lowest BCUT2D eigenvalue weighted by molar-refractivity contribution is -0.138. The zero-order valence-electron chi connectivity index (χ0n) is 14.5. The molecule has 0 unspecified atom stereocenters. The van der Waals surface area contributed by atoms with E-state index >= 15 is 0 Å². The number of pyridine rings is 1. The van der Waals surface area contributed by atoms with E-state index in [-0.39, 0.29) is 17.0 Å². The molecule has 2 heterocycles. The molecule has 0 amide bonds. The quantitative estimate of drug-likeness (QED) is 0.587. The maximum Gasteiger partial charge on any atom is 0.420 e. The lowest BCUT2D eigenvalue weighted by Gasteiger charge is -2.20. The van der Waals surface area contributed by atoms with Crippen LogP contribution in [0.1, 0.15) is 42.8 Å². The van der Waals surface area contributed by atoms with Gasteiger partial charge in [-0.2, -0.15) is 13.2 Å². The molecule has 1 atom stereocenters. The molecule has 0 radical (unpaired) electrons. The maximum absolute atomic E-state index is 13.8. The van der Waals surface area contributed by atoms with E-state index in [9.17, 15) is 17.6 Å². The molecule has 0 N–H and O–H groups in total. The summed E-state index contributed by atoms with van der Waals surface area (Å²) in [6, 6.07) is 6.53. The Morgan fingerprint density at radius 3 is 2.48 bits per heavy atom. The number of hydrogen-bond donors (Lipinski definition) is 0. The first-order valence-corrected chi connectivity index (χ1v) is 8.69. The average Bonchev–Trinajstić information content (AvgIpc) is 3.34. The van der Waals surface area contributed by atoms with Crippen molar-refractivity contribution in [3.8, 4) is 5.75 Å². The van der Waals surface area contributed by atoms with Gasteiger partial charge in [0.05, 0.1) is 0 Å². The fraction of sp³-hybridized carbons (Fsp3) is 0.368. The molecule has 2 aromatic heterocycles. The fourth-order valence-corrected chi connectivity index (χ4v) is 3.15. The number of ether oxygens (including phenoxy) is 1. The first kappa shape index (κ1) is 17.8. The first-order valence-electron chi connectivity index (χ1n) is 8.69. The molecule has 1 aromatic carbocycles. The van der Waals surface area contributed by atoms with E-state index in [2.05, 4.69) is 10.2 Å². The van der Waals surface area contributed by atoms with E-state index in [1.165, 1.54) is 41.7 Å². The van der Waals surface area contributed by atoms with E-state index in [1.54, 1.807) is 6.20 Å². The zero-order valence-corrected chi connectivity index (χ0v) is 14.5. The van der Waals surface area contributed by atoms with Gasteiger partial charge < -0.3 is 4.74 Å². The minimum Gasteiger partial charge on any atom is -0.486 e. The van der Waals surface area contributed by atoms with Crippen LogP contribution in [0, 0.1) is 11.7 Å². The van der Waals surface area contributed by atoms with Gasteiger partial charge in [0.25, 0.3) is 0 Å². The van der Waals surface area contributed by atoms with Gasteiger partial charge in [0.15, 0.2) is 5.65 Å².